The average molecular weight is 294 g/mol. The van der Waals surface area contributed by atoms with Crippen LogP contribution < -0.4 is 5.73 Å². The molecular weight excluding hydrogens is 272 g/mol. The first-order valence-electron chi connectivity index (χ1n) is 6.86. The molecule has 1 aromatic rings. The Hall–Kier alpha value is -1.01. The molecule has 0 aliphatic carbocycles. The van der Waals surface area contributed by atoms with E-state index in [-0.39, 0.29) is 0 Å². The maximum Gasteiger partial charge on any atom is 0.104 e. The van der Waals surface area contributed by atoms with Crippen LogP contribution in [0.15, 0.2) is 24.3 Å². The van der Waals surface area contributed by atoms with Crippen LogP contribution in [-0.4, -0.2) is 47.4 Å². The standard InChI is InChI=1S/C15H22N2O2S/c1-17(11-15(18)6-8-19-9-7-15)10-12-4-2-3-5-13(12)14(16)20/h2-5,18H,6-11H2,1H3,(H2,16,20). The zero-order valence-electron chi connectivity index (χ0n) is 11.8. The lowest BCUT2D eigenvalue weighted by atomic mass is 9.93. The first-order chi connectivity index (χ1) is 9.50. The van der Waals surface area contributed by atoms with Crippen molar-refractivity contribution in [1.29, 1.82) is 0 Å². The fourth-order valence-corrected chi connectivity index (χ4v) is 2.86. The molecule has 0 aromatic heterocycles. The molecule has 0 amide bonds. The minimum Gasteiger partial charge on any atom is -0.389 e. The van der Waals surface area contributed by atoms with E-state index in [1.54, 1.807) is 0 Å². The highest BCUT2D eigenvalue weighted by Crippen LogP contribution is 2.22. The lowest BCUT2D eigenvalue weighted by Gasteiger charge is -2.35. The van der Waals surface area contributed by atoms with Gasteiger partial charge in [-0.15, -0.1) is 0 Å². The number of ether oxygens (including phenoxy) is 1. The van der Waals surface area contributed by atoms with Crippen molar-refractivity contribution in [3.63, 3.8) is 0 Å². The zero-order valence-corrected chi connectivity index (χ0v) is 12.7. The van der Waals surface area contributed by atoms with Crippen molar-refractivity contribution in [3.8, 4) is 0 Å². The fourth-order valence-electron chi connectivity index (χ4n) is 2.66. The molecule has 5 heteroatoms. The van der Waals surface area contributed by atoms with Gasteiger partial charge in [0.05, 0.1) is 5.60 Å². The first-order valence-corrected chi connectivity index (χ1v) is 7.27. The molecule has 1 aromatic carbocycles. The lowest BCUT2D eigenvalue weighted by molar-refractivity contribution is -0.0777. The second-order valence-corrected chi connectivity index (χ2v) is 5.97. The second-order valence-electron chi connectivity index (χ2n) is 5.53. The minimum absolute atomic E-state index is 0.416. The summed E-state index contributed by atoms with van der Waals surface area (Å²) in [5.74, 6) is 0. The molecule has 1 aliphatic rings. The van der Waals surface area contributed by atoms with Gasteiger partial charge in [0, 0.05) is 44.7 Å². The molecule has 1 fully saturated rings. The van der Waals surface area contributed by atoms with Gasteiger partial charge in [0.2, 0.25) is 0 Å². The van der Waals surface area contributed by atoms with E-state index >= 15 is 0 Å². The van der Waals surface area contributed by atoms with Crippen molar-refractivity contribution >= 4 is 17.2 Å². The Kier molecular flexibility index (Phi) is 5.10. The van der Waals surface area contributed by atoms with E-state index in [9.17, 15) is 5.11 Å². The summed E-state index contributed by atoms with van der Waals surface area (Å²) in [6, 6.07) is 7.88. The van der Waals surface area contributed by atoms with Gasteiger partial charge in [-0.25, -0.2) is 0 Å². The number of aliphatic hydroxyl groups is 1. The Morgan fingerprint density at radius 3 is 2.70 bits per heavy atom. The monoisotopic (exact) mass is 294 g/mol. The molecular formula is C15H22N2O2S. The van der Waals surface area contributed by atoms with Crippen LogP contribution >= 0.6 is 12.2 Å². The summed E-state index contributed by atoms with van der Waals surface area (Å²) in [6.07, 6.45) is 1.38. The van der Waals surface area contributed by atoms with Crippen LogP contribution in [0.4, 0.5) is 0 Å². The molecule has 4 nitrogen and oxygen atoms in total. The number of likely N-dealkylation sites (N-methyl/N-ethyl adjacent to an activating group) is 1. The molecule has 0 saturated carbocycles. The Labute approximate surface area is 125 Å². The number of nitrogens with zero attached hydrogens (tertiary/aromatic N) is 1. The van der Waals surface area contributed by atoms with Crippen LogP contribution in [0.1, 0.15) is 24.0 Å². The van der Waals surface area contributed by atoms with E-state index in [2.05, 4.69) is 4.90 Å². The van der Waals surface area contributed by atoms with Crippen LogP contribution in [0.5, 0.6) is 0 Å². The number of benzene rings is 1. The van der Waals surface area contributed by atoms with E-state index in [0.717, 1.165) is 17.7 Å². The summed E-state index contributed by atoms with van der Waals surface area (Å²) >= 11 is 5.08. The third-order valence-electron chi connectivity index (χ3n) is 3.71. The van der Waals surface area contributed by atoms with Crippen molar-refractivity contribution in [1.82, 2.24) is 4.90 Å². The molecule has 1 heterocycles. The third kappa shape index (κ3) is 3.99. The Morgan fingerprint density at radius 1 is 1.40 bits per heavy atom. The fraction of sp³-hybridized carbons (Fsp3) is 0.533. The number of hydrogen-bond donors (Lipinski definition) is 2. The Morgan fingerprint density at radius 2 is 2.05 bits per heavy atom. The SMILES string of the molecule is CN(Cc1ccccc1C(N)=S)CC1(O)CCOCC1. The summed E-state index contributed by atoms with van der Waals surface area (Å²) < 4.78 is 5.30. The summed E-state index contributed by atoms with van der Waals surface area (Å²) in [7, 11) is 2.00. The van der Waals surface area contributed by atoms with Crippen LogP contribution in [0.2, 0.25) is 0 Å². The van der Waals surface area contributed by atoms with Gasteiger partial charge >= 0.3 is 0 Å². The highest BCUT2D eigenvalue weighted by atomic mass is 32.1. The molecule has 0 bridgehead atoms. The second kappa shape index (κ2) is 6.63. The summed E-state index contributed by atoms with van der Waals surface area (Å²) in [5.41, 5.74) is 7.11. The molecule has 20 heavy (non-hydrogen) atoms. The van der Waals surface area contributed by atoms with Gasteiger partial charge in [-0.2, -0.15) is 0 Å². The van der Waals surface area contributed by atoms with Crippen LogP contribution in [0.25, 0.3) is 0 Å². The quantitative estimate of drug-likeness (QED) is 0.802. The first kappa shape index (κ1) is 15.4. The summed E-state index contributed by atoms with van der Waals surface area (Å²) in [6.45, 7) is 2.61. The normalized spacial score (nSPS) is 18.1. The number of nitrogens with two attached hydrogens (primary N) is 1. The van der Waals surface area contributed by atoms with Gasteiger partial charge in [-0.3, -0.25) is 4.90 Å². The van der Waals surface area contributed by atoms with Gasteiger partial charge in [-0.05, 0) is 12.6 Å². The van der Waals surface area contributed by atoms with Crippen LogP contribution in [0.3, 0.4) is 0 Å². The van der Waals surface area contributed by atoms with Crippen molar-refractivity contribution in [2.24, 2.45) is 5.73 Å². The molecule has 3 N–H and O–H groups in total. The molecule has 0 atom stereocenters. The average Bonchev–Trinajstić information content (AvgIpc) is 2.39. The van der Waals surface area contributed by atoms with E-state index in [1.165, 1.54) is 0 Å². The maximum atomic E-state index is 10.5. The van der Waals surface area contributed by atoms with Gasteiger partial charge in [0.25, 0.3) is 0 Å². The van der Waals surface area contributed by atoms with Gasteiger partial charge < -0.3 is 15.6 Å². The number of thiocarbonyl (C=S) groups is 1. The minimum atomic E-state index is -0.648. The predicted octanol–water partition coefficient (Wildman–Crippen LogP) is 1.29. The van der Waals surface area contributed by atoms with Gasteiger partial charge in [0.1, 0.15) is 4.99 Å². The number of hydrogen-bond acceptors (Lipinski definition) is 4. The van der Waals surface area contributed by atoms with Crippen LogP contribution in [0, 0.1) is 0 Å². The molecule has 0 unspecified atom stereocenters. The van der Waals surface area contributed by atoms with Crippen molar-refractivity contribution < 1.29 is 9.84 Å². The zero-order chi connectivity index (χ0) is 14.6. The van der Waals surface area contributed by atoms with E-state index < -0.39 is 5.60 Å². The molecule has 1 aliphatic heterocycles. The summed E-state index contributed by atoms with van der Waals surface area (Å²) in [4.78, 5) is 2.53. The third-order valence-corrected chi connectivity index (χ3v) is 3.93. The van der Waals surface area contributed by atoms with Gasteiger partial charge in [-0.1, -0.05) is 36.5 Å². The Balaban J connectivity index is 2.01. The predicted molar refractivity (Wildman–Crippen MR) is 83.7 cm³/mol. The van der Waals surface area contributed by atoms with Crippen molar-refractivity contribution in [2.75, 3.05) is 26.8 Å². The van der Waals surface area contributed by atoms with E-state index in [4.69, 9.17) is 22.7 Å². The smallest absolute Gasteiger partial charge is 0.104 e. The maximum absolute atomic E-state index is 10.5. The van der Waals surface area contributed by atoms with E-state index in [0.29, 0.717) is 37.6 Å². The molecule has 110 valence electrons. The lowest BCUT2D eigenvalue weighted by Crippen LogP contribution is -2.45. The van der Waals surface area contributed by atoms with Crippen molar-refractivity contribution in [3.05, 3.63) is 35.4 Å². The highest BCUT2D eigenvalue weighted by Gasteiger charge is 2.31. The molecule has 2 rings (SSSR count). The molecule has 0 radical (unpaired) electrons. The molecule has 1 saturated heterocycles. The Bertz CT molecular complexity index is 473. The van der Waals surface area contributed by atoms with Gasteiger partial charge in [0.15, 0.2) is 0 Å². The number of rotatable bonds is 5. The summed E-state index contributed by atoms with van der Waals surface area (Å²) in [5, 5.41) is 10.5. The van der Waals surface area contributed by atoms with E-state index in [1.807, 2.05) is 31.3 Å². The highest BCUT2D eigenvalue weighted by molar-refractivity contribution is 7.80. The topological polar surface area (TPSA) is 58.7 Å². The molecule has 0 spiro atoms. The largest absolute Gasteiger partial charge is 0.389 e. The van der Waals surface area contributed by atoms with Crippen LogP contribution in [-0.2, 0) is 11.3 Å². The van der Waals surface area contributed by atoms with Crippen molar-refractivity contribution in [2.45, 2.75) is 25.0 Å².